The van der Waals surface area contributed by atoms with Crippen LogP contribution in [0.5, 0.6) is 0 Å². The molecule has 0 heterocycles. The van der Waals surface area contributed by atoms with Crippen molar-refractivity contribution in [3.8, 4) is 11.8 Å². The van der Waals surface area contributed by atoms with Gasteiger partial charge in [0, 0.05) is 23.7 Å². The minimum absolute atomic E-state index is 0.117. The van der Waals surface area contributed by atoms with Crippen LogP contribution in [-0.4, -0.2) is 5.91 Å². The standard InChI is InChI=1S/C16H14N2O/c1-12(19)18-16-9-5-3-7-14(16)11-10-13-6-2-4-8-15(13)17/h2-9H,17H2,1H3,(H,18,19). The van der Waals surface area contributed by atoms with Crippen LogP contribution < -0.4 is 11.1 Å². The van der Waals surface area contributed by atoms with Crippen LogP contribution in [0, 0.1) is 11.8 Å². The van der Waals surface area contributed by atoms with Crippen LogP contribution in [0.1, 0.15) is 18.1 Å². The molecule has 2 aromatic carbocycles. The number of rotatable bonds is 1. The summed E-state index contributed by atoms with van der Waals surface area (Å²) in [5, 5.41) is 2.75. The summed E-state index contributed by atoms with van der Waals surface area (Å²) < 4.78 is 0. The highest BCUT2D eigenvalue weighted by Crippen LogP contribution is 2.14. The molecule has 0 aliphatic rings. The quantitative estimate of drug-likeness (QED) is 0.604. The van der Waals surface area contributed by atoms with Crippen LogP contribution in [0.25, 0.3) is 0 Å². The van der Waals surface area contributed by atoms with Gasteiger partial charge in [-0.2, -0.15) is 0 Å². The number of hydrogen-bond acceptors (Lipinski definition) is 2. The van der Waals surface area contributed by atoms with Gasteiger partial charge < -0.3 is 11.1 Å². The fourth-order valence-corrected chi connectivity index (χ4v) is 1.64. The Morgan fingerprint density at radius 1 is 1.00 bits per heavy atom. The molecule has 94 valence electrons. The number of amides is 1. The molecule has 2 rings (SSSR count). The minimum atomic E-state index is -0.117. The highest BCUT2D eigenvalue weighted by atomic mass is 16.1. The van der Waals surface area contributed by atoms with Gasteiger partial charge in [-0.05, 0) is 24.3 Å². The van der Waals surface area contributed by atoms with Crippen LogP contribution in [0.4, 0.5) is 11.4 Å². The molecule has 0 aromatic heterocycles. The zero-order valence-corrected chi connectivity index (χ0v) is 10.6. The Balaban J connectivity index is 2.35. The van der Waals surface area contributed by atoms with E-state index in [0.29, 0.717) is 11.4 Å². The van der Waals surface area contributed by atoms with E-state index in [-0.39, 0.29) is 5.91 Å². The number of anilines is 2. The van der Waals surface area contributed by atoms with Gasteiger partial charge in [0.1, 0.15) is 0 Å². The second kappa shape index (κ2) is 5.74. The minimum Gasteiger partial charge on any atom is -0.398 e. The number of nitrogens with two attached hydrogens (primary N) is 1. The summed E-state index contributed by atoms with van der Waals surface area (Å²) >= 11 is 0. The number of para-hydroxylation sites is 2. The van der Waals surface area contributed by atoms with Crippen molar-refractivity contribution in [3.05, 3.63) is 59.7 Å². The van der Waals surface area contributed by atoms with E-state index in [1.165, 1.54) is 6.92 Å². The first-order valence-corrected chi connectivity index (χ1v) is 5.90. The summed E-state index contributed by atoms with van der Waals surface area (Å²) in [4.78, 5) is 11.1. The zero-order chi connectivity index (χ0) is 13.7. The Kier molecular flexibility index (Phi) is 3.84. The molecule has 1 amide bonds. The van der Waals surface area contributed by atoms with Gasteiger partial charge in [0.25, 0.3) is 0 Å². The van der Waals surface area contributed by atoms with E-state index in [4.69, 9.17) is 5.73 Å². The largest absolute Gasteiger partial charge is 0.398 e. The topological polar surface area (TPSA) is 55.1 Å². The molecule has 0 radical (unpaired) electrons. The van der Waals surface area contributed by atoms with E-state index >= 15 is 0 Å². The Morgan fingerprint density at radius 2 is 1.58 bits per heavy atom. The maximum absolute atomic E-state index is 11.1. The highest BCUT2D eigenvalue weighted by molar-refractivity contribution is 5.90. The average Bonchev–Trinajstić information content (AvgIpc) is 2.39. The lowest BCUT2D eigenvalue weighted by Crippen LogP contribution is -2.06. The third-order valence-corrected chi connectivity index (χ3v) is 2.53. The molecule has 0 saturated carbocycles. The fraction of sp³-hybridized carbons (Fsp3) is 0.0625. The van der Waals surface area contributed by atoms with Crippen LogP contribution in [0.3, 0.4) is 0 Å². The summed E-state index contributed by atoms with van der Waals surface area (Å²) in [5.41, 5.74) is 8.72. The normalized spacial score (nSPS) is 9.32. The van der Waals surface area contributed by atoms with Gasteiger partial charge in [-0.25, -0.2) is 0 Å². The maximum atomic E-state index is 11.1. The molecule has 19 heavy (non-hydrogen) atoms. The first-order valence-electron chi connectivity index (χ1n) is 5.90. The monoisotopic (exact) mass is 250 g/mol. The van der Waals surface area contributed by atoms with Crippen molar-refractivity contribution in [2.75, 3.05) is 11.1 Å². The van der Waals surface area contributed by atoms with E-state index in [1.807, 2.05) is 48.5 Å². The van der Waals surface area contributed by atoms with E-state index in [1.54, 1.807) is 0 Å². The number of nitrogens with one attached hydrogen (secondary N) is 1. The molecule has 0 saturated heterocycles. The van der Waals surface area contributed by atoms with E-state index < -0.39 is 0 Å². The second-order valence-corrected chi connectivity index (χ2v) is 4.06. The number of carbonyl (C=O) groups excluding carboxylic acids is 1. The van der Waals surface area contributed by atoms with E-state index in [2.05, 4.69) is 17.2 Å². The Morgan fingerprint density at radius 3 is 2.26 bits per heavy atom. The zero-order valence-electron chi connectivity index (χ0n) is 10.6. The summed E-state index contributed by atoms with van der Waals surface area (Å²) in [5.74, 6) is 5.93. The Hall–Kier alpha value is -2.73. The van der Waals surface area contributed by atoms with Crippen molar-refractivity contribution in [3.63, 3.8) is 0 Å². The molecule has 0 unspecified atom stereocenters. The molecule has 0 spiro atoms. The van der Waals surface area contributed by atoms with Crippen molar-refractivity contribution >= 4 is 17.3 Å². The molecule has 0 fully saturated rings. The van der Waals surface area contributed by atoms with Crippen molar-refractivity contribution in [2.24, 2.45) is 0 Å². The first-order chi connectivity index (χ1) is 9.16. The van der Waals surface area contributed by atoms with Crippen LogP contribution in [-0.2, 0) is 4.79 Å². The van der Waals surface area contributed by atoms with Gasteiger partial charge in [-0.15, -0.1) is 0 Å². The third kappa shape index (κ3) is 3.36. The molecule has 0 aliphatic heterocycles. The SMILES string of the molecule is CC(=O)Nc1ccccc1C#Cc1ccccc1N. The smallest absolute Gasteiger partial charge is 0.221 e. The Labute approximate surface area is 112 Å². The molecule has 3 N–H and O–H groups in total. The summed E-state index contributed by atoms with van der Waals surface area (Å²) in [7, 11) is 0. The van der Waals surface area contributed by atoms with Crippen molar-refractivity contribution < 1.29 is 4.79 Å². The molecular weight excluding hydrogens is 236 g/mol. The first kappa shape index (κ1) is 12.7. The average molecular weight is 250 g/mol. The van der Waals surface area contributed by atoms with Gasteiger partial charge in [0.2, 0.25) is 5.91 Å². The fourth-order valence-electron chi connectivity index (χ4n) is 1.64. The number of nitrogen functional groups attached to an aromatic ring is 1. The predicted octanol–water partition coefficient (Wildman–Crippen LogP) is 2.63. The number of carbonyl (C=O) groups is 1. The second-order valence-electron chi connectivity index (χ2n) is 4.06. The lowest BCUT2D eigenvalue weighted by atomic mass is 10.1. The molecular formula is C16H14N2O. The number of benzene rings is 2. The van der Waals surface area contributed by atoms with E-state index in [9.17, 15) is 4.79 Å². The van der Waals surface area contributed by atoms with Crippen molar-refractivity contribution in [1.29, 1.82) is 0 Å². The van der Waals surface area contributed by atoms with Crippen LogP contribution in [0.2, 0.25) is 0 Å². The molecule has 2 aromatic rings. The van der Waals surface area contributed by atoms with Crippen LogP contribution >= 0.6 is 0 Å². The predicted molar refractivity (Wildman–Crippen MR) is 77.6 cm³/mol. The lowest BCUT2D eigenvalue weighted by Gasteiger charge is -2.04. The maximum Gasteiger partial charge on any atom is 0.221 e. The van der Waals surface area contributed by atoms with Gasteiger partial charge in [-0.1, -0.05) is 36.1 Å². The molecule has 3 heteroatoms. The van der Waals surface area contributed by atoms with Crippen LogP contribution in [0.15, 0.2) is 48.5 Å². The Bertz CT molecular complexity index is 666. The van der Waals surface area contributed by atoms with Gasteiger partial charge in [-0.3, -0.25) is 4.79 Å². The molecule has 0 atom stereocenters. The lowest BCUT2D eigenvalue weighted by molar-refractivity contribution is -0.114. The third-order valence-electron chi connectivity index (χ3n) is 2.53. The van der Waals surface area contributed by atoms with Crippen molar-refractivity contribution in [1.82, 2.24) is 0 Å². The van der Waals surface area contributed by atoms with Crippen molar-refractivity contribution in [2.45, 2.75) is 6.92 Å². The molecule has 3 nitrogen and oxygen atoms in total. The number of hydrogen-bond donors (Lipinski definition) is 2. The summed E-state index contributed by atoms with van der Waals surface area (Å²) in [6, 6.07) is 14.8. The summed E-state index contributed by atoms with van der Waals surface area (Å²) in [6.07, 6.45) is 0. The molecule has 0 bridgehead atoms. The summed E-state index contributed by atoms with van der Waals surface area (Å²) in [6.45, 7) is 1.47. The van der Waals surface area contributed by atoms with Gasteiger partial charge >= 0.3 is 0 Å². The molecule has 0 aliphatic carbocycles. The van der Waals surface area contributed by atoms with E-state index in [0.717, 1.165) is 11.1 Å². The van der Waals surface area contributed by atoms with Gasteiger partial charge in [0.05, 0.1) is 5.69 Å². The highest BCUT2D eigenvalue weighted by Gasteiger charge is 2.00. The van der Waals surface area contributed by atoms with Gasteiger partial charge in [0.15, 0.2) is 0 Å².